The van der Waals surface area contributed by atoms with E-state index in [2.05, 4.69) is 0 Å². The molecule has 0 spiro atoms. The number of carbonyl (C=O) groups is 1. The molecule has 0 aliphatic heterocycles. The SMILES string of the molecule is O=C(/C(=C/Cl)c1cccc2ccccc12)/C(=C/Cl)c1cccc2ccccc12. The third kappa shape index (κ3) is 3.24. The first-order valence-electron chi connectivity index (χ1n) is 8.86. The average Bonchev–Trinajstić information content (AvgIpc) is 2.75. The molecular formula is C25H16Cl2O. The summed E-state index contributed by atoms with van der Waals surface area (Å²) in [6, 6.07) is 27.5. The summed E-state index contributed by atoms with van der Waals surface area (Å²) in [5, 5.41) is 4.03. The van der Waals surface area contributed by atoms with Crippen LogP contribution in [0, 0.1) is 0 Å². The zero-order valence-electron chi connectivity index (χ0n) is 14.9. The Morgan fingerprint density at radius 3 is 1.39 bits per heavy atom. The Labute approximate surface area is 173 Å². The molecule has 28 heavy (non-hydrogen) atoms. The maximum Gasteiger partial charge on any atom is 0.196 e. The highest BCUT2D eigenvalue weighted by atomic mass is 35.5. The summed E-state index contributed by atoms with van der Waals surface area (Å²) in [6.07, 6.45) is 0. The molecule has 4 aromatic rings. The molecule has 0 saturated heterocycles. The van der Waals surface area contributed by atoms with E-state index in [9.17, 15) is 4.79 Å². The number of hydrogen-bond donors (Lipinski definition) is 0. The van der Waals surface area contributed by atoms with Crippen molar-refractivity contribution in [1.29, 1.82) is 0 Å². The van der Waals surface area contributed by atoms with Crippen molar-refractivity contribution in [2.75, 3.05) is 0 Å². The summed E-state index contributed by atoms with van der Waals surface area (Å²) in [7, 11) is 0. The first-order valence-corrected chi connectivity index (χ1v) is 9.73. The van der Waals surface area contributed by atoms with Gasteiger partial charge in [-0.25, -0.2) is 0 Å². The third-order valence-corrected chi connectivity index (χ3v) is 5.30. The Hall–Kier alpha value is -2.87. The quantitative estimate of drug-likeness (QED) is 0.324. The van der Waals surface area contributed by atoms with E-state index in [0.717, 1.165) is 32.7 Å². The van der Waals surface area contributed by atoms with Gasteiger partial charge in [0.25, 0.3) is 0 Å². The van der Waals surface area contributed by atoms with Crippen LogP contribution in [0.3, 0.4) is 0 Å². The molecule has 0 radical (unpaired) electrons. The van der Waals surface area contributed by atoms with Crippen molar-refractivity contribution in [2.24, 2.45) is 0 Å². The van der Waals surface area contributed by atoms with E-state index >= 15 is 0 Å². The molecule has 0 bridgehead atoms. The molecule has 0 unspecified atom stereocenters. The fourth-order valence-corrected chi connectivity index (χ4v) is 3.96. The zero-order valence-corrected chi connectivity index (χ0v) is 16.4. The van der Waals surface area contributed by atoms with Crippen molar-refractivity contribution in [1.82, 2.24) is 0 Å². The lowest BCUT2D eigenvalue weighted by molar-refractivity contribution is -0.108. The molecule has 4 rings (SSSR count). The third-order valence-electron chi connectivity index (χ3n) is 4.87. The summed E-state index contributed by atoms with van der Waals surface area (Å²) in [4.78, 5) is 13.5. The molecule has 4 aromatic carbocycles. The normalized spacial score (nSPS) is 12.5. The minimum absolute atomic E-state index is 0.210. The topological polar surface area (TPSA) is 17.1 Å². The number of ketones is 1. The molecule has 1 nitrogen and oxygen atoms in total. The summed E-state index contributed by atoms with van der Waals surface area (Å²) < 4.78 is 0. The molecule has 0 N–H and O–H groups in total. The highest BCUT2D eigenvalue weighted by Crippen LogP contribution is 2.33. The van der Waals surface area contributed by atoms with E-state index < -0.39 is 0 Å². The Bertz CT molecular complexity index is 1140. The van der Waals surface area contributed by atoms with E-state index in [-0.39, 0.29) is 5.78 Å². The van der Waals surface area contributed by atoms with Crippen LogP contribution in [-0.4, -0.2) is 5.78 Å². The molecule has 0 fully saturated rings. The van der Waals surface area contributed by atoms with Gasteiger partial charge >= 0.3 is 0 Å². The van der Waals surface area contributed by atoms with Crippen molar-refractivity contribution >= 4 is 61.7 Å². The Balaban J connectivity index is 1.86. The van der Waals surface area contributed by atoms with Crippen LogP contribution in [0.15, 0.2) is 96.0 Å². The van der Waals surface area contributed by atoms with E-state index in [1.165, 1.54) is 11.1 Å². The molecule has 0 heterocycles. The largest absolute Gasteiger partial charge is 0.288 e. The standard InChI is InChI=1S/C25H16Cl2O/c26-15-23(21-13-5-9-17-7-1-3-11-19(17)21)25(28)24(16-27)22-14-6-10-18-8-2-4-12-20(18)22/h1-16H/b23-15+,24-16+. The molecule has 0 aliphatic carbocycles. The lowest BCUT2D eigenvalue weighted by atomic mass is 9.90. The summed E-state index contributed by atoms with van der Waals surface area (Å²) >= 11 is 12.3. The number of hydrogen-bond acceptors (Lipinski definition) is 1. The minimum Gasteiger partial charge on any atom is -0.288 e. The minimum atomic E-state index is -0.210. The molecule has 0 amide bonds. The predicted octanol–water partition coefficient (Wildman–Crippen LogP) is 7.42. The molecule has 0 saturated carbocycles. The van der Waals surface area contributed by atoms with Gasteiger partial charge in [-0.15, -0.1) is 0 Å². The lowest BCUT2D eigenvalue weighted by Gasteiger charge is -2.13. The maximum absolute atomic E-state index is 13.5. The lowest BCUT2D eigenvalue weighted by Crippen LogP contribution is -2.05. The molecule has 0 atom stereocenters. The Kier molecular flexibility index (Phi) is 5.29. The number of Topliss-reactive ketones (excluding diaryl/α,β-unsaturated/α-hetero) is 1. The maximum atomic E-state index is 13.5. The Morgan fingerprint density at radius 2 is 0.964 bits per heavy atom. The van der Waals surface area contributed by atoms with E-state index in [1.54, 1.807) is 0 Å². The number of benzene rings is 4. The zero-order chi connectivity index (χ0) is 19.5. The number of fused-ring (bicyclic) bond motifs is 2. The average molecular weight is 403 g/mol. The van der Waals surface area contributed by atoms with Crippen molar-refractivity contribution in [3.8, 4) is 0 Å². The van der Waals surface area contributed by atoms with Crippen molar-refractivity contribution < 1.29 is 4.79 Å². The molecule has 0 aromatic heterocycles. The van der Waals surface area contributed by atoms with Gasteiger partial charge in [-0.3, -0.25) is 4.79 Å². The highest BCUT2D eigenvalue weighted by molar-refractivity contribution is 6.51. The Morgan fingerprint density at radius 1 is 0.571 bits per heavy atom. The van der Waals surface area contributed by atoms with Crippen molar-refractivity contribution in [2.45, 2.75) is 0 Å². The number of carbonyl (C=O) groups excluding carboxylic acids is 1. The van der Waals surface area contributed by atoms with E-state index in [4.69, 9.17) is 23.2 Å². The van der Waals surface area contributed by atoms with Gasteiger partial charge in [0.1, 0.15) is 0 Å². The van der Waals surface area contributed by atoms with Crippen molar-refractivity contribution in [3.05, 3.63) is 107 Å². The van der Waals surface area contributed by atoms with Crippen LogP contribution in [0.25, 0.3) is 32.7 Å². The first kappa shape index (κ1) is 18.5. The molecular weight excluding hydrogens is 387 g/mol. The van der Waals surface area contributed by atoms with Gasteiger partial charge in [0, 0.05) is 22.2 Å². The van der Waals surface area contributed by atoms with Gasteiger partial charge in [0.15, 0.2) is 5.78 Å². The van der Waals surface area contributed by atoms with Crippen LogP contribution < -0.4 is 0 Å². The summed E-state index contributed by atoms with van der Waals surface area (Å²) in [5.74, 6) is -0.210. The van der Waals surface area contributed by atoms with Crippen LogP contribution in [0.5, 0.6) is 0 Å². The molecule has 136 valence electrons. The second-order valence-electron chi connectivity index (χ2n) is 6.43. The molecule has 3 heteroatoms. The van der Waals surface area contributed by atoms with Gasteiger partial charge in [-0.2, -0.15) is 0 Å². The first-order chi connectivity index (χ1) is 13.7. The molecule has 0 aliphatic rings. The number of rotatable bonds is 4. The highest BCUT2D eigenvalue weighted by Gasteiger charge is 2.21. The van der Waals surface area contributed by atoms with Gasteiger partial charge in [0.2, 0.25) is 0 Å². The second-order valence-corrected chi connectivity index (χ2v) is 6.86. The van der Waals surface area contributed by atoms with E-state index in [1.807, 2.05) is 84.9 Å². The van der Waals surface area contributed by atoms with Gasteiger partial charge < -0.3 is 0 Å². The summed E-state index contributed by atoms with van der Waals surface area (Å²) in [5.41, 5.74) is 5.09. The van der Waals surface area contributed by atoms with Crippen LogP contribution in [-0.2, 0) is 4.79 Å². The second kappa shape index (κ2) is 8.02. The van der Waals surface area contributed by atoms with Gasteiger partial charge in [-0.1, -0.05) is 108 Å². The number of allylic oxidation sites excluding steroid dienone is 2. The van der Waals surface area contributed by atoms with Gasteiger partial charge in [-0.05, 0) is 32.7 Å². The fraction of sp³-hybridized carbons (Fsp3) is 0. The van der Waals surface area contributed by atoms with Crippen LogP contribution >= 0.6 is 23.2 Å². The van der Waals surface area contributed by atoms with Crippen LogP contribution in [0.1, 0.15) is 11.1 Å². The van der Waals surface area contributed by atoms with Crippen LogP contribution in [0.4, 0.5) is 0 Å². The monoisotopic (exact) mass is 402 g/mol. The van der Waals surface area contributed by atoms with E-state index in [0.29, 0.717) is 11.1 Å². The van der Waals surface area contributed by atoms with Gasteiger partial charge in [0.05, 0.1) is 0 Å². The summed E-state index contributed by atoms with van der Waals surface area (Å²) in [6.45, 7) is 0. The number of halogens is 2. The van der Waals surface area contributed by atoms with Crippen LogP contribution in [0.2, 0.25) is 0 Å². The smallest absolute Gasteiger partial charge is 0.196 e. The predicted molar refractivity (Wildman–Crippen MR) is 121 cm³/mol. The van der Waals surface area contributed by atoms with Crippen molar-refractivity contribution in [3.63, 3.8) is 0 Å². The fourth-order valence-electron chi connectivity index (χ4n) is 3.53.